The number of carbonyl (C=O) groups excluding carboxylic acids is 1. The molecule has 0 aliphatic rings. The van der Waals surface area contributed by atoms with Crippen molar-refractivity contribution < 1.29 is 13.9 Å². The summed E-state index contributed by atoms with van der Waals surface area (Å²) >= 11 is 0. The number of halogens is 1. The second-order valence-corrected chi connectivity index (χ2v) is 4.54. The maximum Gasteiger partial charge on any atom is 0.412 e. The lowest BCUT2D eigenvalue weighted by Crippen LogP contribution is -2.27. The van der Waals surface area contributed by atoms with E-state index in [0.717, 1.165) is 0 Å². The fraction of sp³-hybridized carbons (Fsp3) is 0.417. The third kappa shape index (κ3) is 3.94. The minimum absolute atomic E-state index is 0.0873. The molecule has 2 N–H and O–H groups in total. The Balaban J connectivity index is 2.84. The molecule has 1 rings (SSSR count). The molecule has 1 aromatic carbocycles. The Kier molecular flexibility index (Phi) is 3.93. The molecule has 0 fully saturated rings. The lowest BCUT2D eigenvalue weighted by atomic mass is 10.2. The highest BCUT2D eigenvalue weighted by molar-refractivity contribution is 5.89. The van der Waals surface area contributed by atoms with Crippen LogP contribution in [-0.4, -0.2) is 18.7 Å². The molecule has 0 spiro atoms. The first-order chi connectivity index (χ1) is 7.83. The molecule has 0 atom stereocenters. The molecular formula is C12H17FN2O2. The van der Waals surface area contributed by atoms with Crippen LogP contribution in [0.4, 0.5) is 20.6 Å². The predicted molar refractivity (Wildman–Crippen MR) is 65.8 cm³/mol. The van der Waals surface area contributed by atoms with Crippen molar-refractivity contribution in [1.82, 2.24) is 0 Å². The van der Waals surface area contributed by atoms with E-state index in [1.165, 1.54) is 6.07 Å². The minimum Gasteiger partial charge on any atom is -0.444 e. The summed E-state index contributed by atoms with van der Waals surface area (Å²) in [5.74, 6) is -0.511. The molecule has 0 aliphatic heterocycles. The first-order valence-corrected chi connectivity index (χ1v) is 5.30. The summed E-state index contributed by atoms with van der Waals surface area (Å²) < 4.78 is 18.6. The van der Waals surface area contributed by atoms with Gasteiger partial charge in [0, 0.05) is 7.05 Å². The van der Waals surface area contributed by atoms with Gasteiger partial charge in [0.15, 0.2) is 0 Å². The fourth-order valence-electron chi connectivity index (χ4n) is 1.27. The van der Waals surface area contributed by atoms with Gasteiger partial charge in [0.1, 0.15) is 17.1 Å². The lowest BCUT2D eigenvalue weighted by molar-refractivity contribution is 0.0635. The summed E-state index contributed by atoms with van der Waals surface area (Å²) in [7, 11) is 1.65. The first kappa shape index (κ1) is 13.3. The van der Waals surface area contributed by atoms with E-state index in [2.05, 4.69) is 10.6 Å². The van der Waals surface area contributed by atoms with Gasteiger partial charge in [-0.25, -0.2) is 9.18 Å². The Bertz CT molecular complexity index is 413. The summed E-state index contributed by atoms with van der Waals surface area (Å²) in [5.41, 5.74) is -0.0325. The van der Waals surface area contributed by atoms with Gasteiger partial charge in [0.25, 0.3) is 0 Å². The van der Waals surface area contributed by atoms with E-state index >= 15 is 0 Å². The second-order valence-electron chi connectivity index (χ2n) is 4.54. The first-order valence-electron chi connectivity index (χ1n) is 5.30. The highest BCUT2D eigenvalue weighted by atomic mass is 19.1. The molecule has 0 unspecified atom stereocenters. The normalized spacial score (nSPS) is 10.9. The molecule has 1 aromatic rings. The maximum absolute atomic E-state index is 13.5. The van der Waals surface area contributed by atoms with Gasteiger partial charge in [0.05, 0.1) is 5.69 Å². The Morgan fingerprint density at radius 1 is 1.35 bits per heavy atom. The standard InChI is InChI=1S/C12H17FN2O2/c1-12(2,3)17-11(16)15-10-8(13)6-5-7-9(10)14-4/h5-7,14H,1-4H3,(H,15,16). The van der Waals surface area contributed by atoms with Crippen molar-refractivity contribution in [3.8, 4) is 0 Å². The average molecular weight is 240 g/mol. The molecule has 0 saturated carbocycles. The molecule has 0 aromatic heterocycles. The zero-order valence-electron chi connectivity index (χ0n) is 10.4. The van der Waals surface area contributed by atoms with Crippen LogP contribution in [-0.2, 0) is 4.74 Å². The van der Waals surface area contributed by atoms with Crippen LogP contribution in [0.25, 0.3) is 0 Å². The number of nitrogens with one attached hydrogen (secondary N) is 2. The highest BCUT2D eigenvalue weighted by Gasteiger charge is 2.18. The Labute approximate surface area is 100 Å². The number of anilines is 2. The summed E-state index contributed by atoms with van der Waals surface area (Å²) in [4.78, 5) is 11.5. The Morgan fingerprint density at radius 3 is 2.53 bits per heavy atom. The number of rotatable bonds is 2. The zero-order valence-corrected chi connectivity index (χ0v) is 10.4. The molecule has 0 bridgehead atoms. The molecule has 0 aliphatic carbocycles. The van der Waals surface area contributed by atoms with E-state index in [9.17, 15) is 9.18 Å². The van der Waals surface area contributed by atoms with Gasteiger partial charge in [0.2, 0.25) is 0 Å². The molecular weight excluding hydrogens is 223 g/mol. The van der Waals surface area contributed by atoms with Crippen molar-refractivity contribution in [2.45, 2.75) is 26.4 Å². The summed E-state index contributed by atoms with van der Waals surface area (Å²) in [6, 6.07) is 4.49. The van der Waals surface area contributed by atoms with Gasteiger partial charge in [-0.3, -0.25) is 5.32 Å². The van der Waals surface area contributed by atoms with E-state index < -0.39 is 17.5 Å². The van der Waals surface area contributed by atoms with Crippen molar-refractivity contribution >= 4 is 17.5 Å². The number of benzene rings is 1. The van der Waals surface area contributed by atoms with E-state index in [0.29, 0.717) is 5.69 Å². The van der Waals surface area contributed by atoms with Crippen molar-refractivity contribution in [3.63, 3.8) is 0 Å². The number of para-hydroxylation sites is 1. The summed E-state index contributed by atoms with van der Waals surface area (Å²) in [6.07, 6.45) is -0.681. The third-order valence-corrected chi connectivity index (χ3v) is 1.91. The van der Waals surface area contributed by atoms with Crippen molar-refractivity contribution in [3.05, 3.63) is 24.0 Å². The van der Waals surface area contributed by atoms with Gasteiger partial charge in [-0.05, 0) is 32.9 Å². The number of amides is 1. The van der Waals surface area contributed by atoms with E-state index in [1.54, 1.807) is 40.0 Å². The van der Waals surface area contributed by atoms with Gasteiger partial charge >= 0.3 is 6.09 Å². The number of carbonyl (C=O) groups is 1. The molecule has 94 valence electrons. The number of hydrogen-bond acceptors (Lipinski definition) is 3. The number of ether oxygens (including phenoxy) is 1. The molecule has 5 heteroatoms. The van der Waals surface area contributed by atoms with Crippen LogP contribution in [0.5, 0.6) is 0 Å². The minimum atomic E-state index is -0.681. The van der Waals surface area contributed by atoms with Crippen molar-refractivity contribution in [2.24, 2.45) is 0 Å². The predicted octanol–water partition coefficient (Wildman–Crippen LogP) is 3.21. The van der Waals surface area contributed by atoms with Gasteiger partial charge in [-0.15, -0.1) is 0 Å². The summed E-state index contributed by atoms with van der Waals surface area (Å²) in [5, 5.41) is 5.18. The van der Waals surface area contributed by atoms with Gasteiger partial charge < -0.3 is 10.1 Å². The van der Waals surface area contributed by atoms with Gasteiger partial charge in [-0.1, -0.05) is 6.07 Å². The van der Waals surface area contributed by atoms with Crippen molar-refractivity contribution in [2.75, 3.05) is 17.7 Å². The van der Waals surface area contributed by atoms with Crippen LogP contribution < -0.4 is 10.6 Å². The van der Waals surface area contributed by atoms with Crippen LogP contribution in [0.15, 0.2) is 18.2 Å². The average Bonchev–Trinajstić information content (AvgIpc) is 2.18. The van der Waals surface area contributed by atoms with Gasteiger partial charge in [-0.2, -0.15) is 0 Å². The molecule has 0 radical (unpaired) electrons. The van der Waals surface area contributed by atoms with Crippen LogP contribution in [0, 0.1) is 5.82 Å². The monoisotopic (exact) mass is 240 g/mol. The molecule has 0 saturated heterocycles. The quantitative estimate of drug-likeness (QED) is 0.834. The second kappa shape index (κ2) is 5.03. The highest BCUT2D eigenvalue weighted by Crippen LogP contribution is 2.25. The summed E-state index contributed by atoms with van der Waals surface area (Å²) in [6.45, 7) is 5.23. The largest absolute Gasteiger partial charge is 0.444 e. The lowest BCUT2D eigenvalue weighted by Gasteiger charge is -2.20. The topological polar surface area (TPSA) is 50.4 Å². The zero-order chi connectivity index (χ0) is 13.1. The Hall–Kier alpha value is -1.78. The van der Waals surface area contributed by atoms with Crippen LogP contribution in [0.2, 0.25) is 0 Å². The smallest absolute Gasteiger partial charge is 0.412 e. The van der Waals surface area contributed by atoms with E-state index in [-0.39, 0.29) is 5.69 Å². The van der Waals surface area contributed by atoms with Crippen LogP contribution >= 0.6 is 0 Å². The number of hydrogen-bond donors (Lipinski definition) is 2. The Morgan fingerprint density at radius 2 is 2.00 bits per heavy atom. The van der Waals surface area contributed by atoms with E-state index in [4.69, 9.17) is 4.74 Å². The van der Waals surface area contributed by atoms with Crippen LogP contribution in [0.1, 0.15) is 20.8 Å². The molecule has 1 amide bonds. The molecule has 17 heavy (non-hydrogen) atoms. The van der Waals surface area contributed by atoms with E-state index in [1.807, 2.05) is 0 Å². The SMILES string of the molecule is CNc1cccc(F)c1NC(=O)OC(C)(C)C. The fourth-order valence-corrected chi connectivity index (χ4v) is 1.27. The molecule has 4 nitrogen and oxygen atoms in total. The third-order valence-electron chi connectivity index (χ3n) is 1.91. The maximum atomic E-state index is 13.5. The van der Waals surface area contributed by atoms with Crippen LogP contribution in [0.3, 0.4) is 0 Å². The van der Waals surface area contributed by atoms with Crippen molar-refractivity contribution in [1.29, 1.82) is 0 Å². The molecule has 0 heterocycles.